The Bertz CT molecular complexity index is 769. The van der Waals surface area contributed by atoms with E-state index in [0.29, 0.717) is 6.10 Å². The molecular formula is C24H37N5O2. The van der Waals surface area contributed by atoms with Crippen molar-refractivity contribution >= 4 is 5.96 Å². The molecule has 0 unspecified atom stereocenters. The molecule has 0 saturated carbocycles. The number of likely N-dealkylation sites (tertiary alicyclic amines) is 1. The molecule has 170 valence electrons. The van der Waals surface area contributed by atoms with Gasteiger partial charge in [-0.3, -0.25) is 4.99 Å². The third kappa shape index (κ3) is 7.67. The van der Waals surface area contributed by atoms with Crippen molar-refractivity contribution in [3.8, 4) is 0 Å². The van der Waals surface area contributed by atoms with Crippen LogP contribution in [0.2, 0.25) is 0 Å². The van der Waals surface area contributed by atoms with E-state index in [1.165, 1.54) is 5.56 Å². The number of imidazole rings is 1. The lowest BCUT2D eigenvalue weighted by atomic mass is 10.1. The Balaban J connectivity index is 1.48. The minimum absolute atomic E-state index is 0.349. The van der Waals surface area contributed by atoms with Crippen LogP contribution in [0.25, 0.3) is 0 Å². The number of aliphatic imine (C=N–C) groups is 1. The minimum Gasteiger partial charge on any atom is -0.385 e. The number of aromatic nitrogens is 2. The highest BCUT2D eigenvalue weighted by Gasteiger charge is 2.21. The van der Waals surface area contributed by atoms with E-state index in [9.17, 15) is 0 Å². The molecular weight excluding hydrogens is 390 g/mol. The molecule has 0 amide bonds. The molecule has 2 aromatic rings. The van der Waals surface area contributed by atoms with Gasteiger partial charge in [0.1, 0.15) is 5.82 Å². The molecule has 0 atom stereocenters. The van der Waals surface area contributed by atoms with Gasteiger partial charge >= 0.3 is 0 Å². The summed E-state index contributed by atoms with van der Waals surface area (Å²) < 4.78 is 13.3. The van der Waals surface area contributed by atoms with Crippen LogP contribution in [0.5, 0.6) is 0 Å². The number of piperidine rings is 1. The Morgan fingerprint density at radius 3 is 2.74 bits per heavy atom. The highest BCUT2D eigenvalue weighted by atomic mass is 16.5. The third-order valence-corrected chi connectivity index (χ3v) is 5.52. The number of ether oxygens (including phenoxy) is 2. The van der Waals surface area contributed by atoms with Gasteiger partial charge in [-0.05, 0) is 31.7 Å². The van der Waals surface area contributed by atoms with Crippen molar-refractivity contribution in [1.29, 1.82) is 0 Å². The van der Waals surface area contributed by atoms with Crippen molar-refractivity contribution < 1.29 is 9.47 Å². The van der Waals surface area contributed by atoms with Gasteiger partial charge in [-0.15, -0.1) is 0 Å². The Hall–Kier alpha value is -2.38. The Kier molecular flexibility index (Phi) is 9.86. The quantitative estimate of drug-likeness (QED) is 0.339. The zero-order chi connectivity index (χ0) is 21.7. The molecule has 0 spiro atoms. The molecule has 1 aromatic heterocycles. The average molecular weight is 428 g/mol. The molecule has 0 bridgehead atoms. The first kappa shape index (κ1) is 23.3. The van der Waals surface area contributed by atoms with E-state index < -0.39 is 0 Å². The predicted octanol–water partition coefficient (Wildman–Crippen LogP) is 2.96. The summed E-state index contributed by atoms with van der Waals surface area (Å²) in [6.07, 6.45) is 8.15. The van der Waals surface area contributed by atoms with Gasteiger partial charge < -0.3 is 24.3 Å². The number of methoxy groups -OCH3 is 1. The molecule has 2 heterocycles. The van der Waals surface area contributed by atoms with Gasteiger partial charge in [0.2, 0.25) is 0 Å². The molecule has 1 aliphatic heterocycles. The highest BCUT2D eigenvalue weighted by Crippen LogP contribution is 2.14. The standard InChI is InChI=1S/C24H37N5O2/c1-3-25-24(28-15-11-22(12-16-28)31-19-7-18-30-2)27-13-10-23-26-14-17-29(23)20-21-8-5-4-6-9-21/h4-6,8-9,14,17,22H,3,7,10-13,15-16,18-20H2,1-2H3,(H,25,27). The zero-order valence-corrected chi connectivity index (χ0v) is 19.0. The summed E-state index contributed by atoms with van der Waals surface area (Å²) >= 11 is 0. The van der Waals surface area contributed by atoms with Gasteiger partial charge in [0.15, 0.2) is 5.96 Å². The number of rotatable bonds is 11. The van der Waals surface area contributed by atoms with Crippen LogP contribution in [0.3, 0.4) is 0 Å². The third-order valence-electron chi connectivity index (χ3n) is 5.52. The van der Waals surface area contributed by atoms with Crippen molar-refractivity contribution in [2.45, 2.75) is 45.3 Å². The van der Waals surface area contributed by atoms with Crippen LogP contribution in [0.4, 0.5) is 0 Å². The maximum atomic E-state index is 5.99. The molecule has 1 saturated heterocycles. The molecule has 3 rings (SSSR count). The lowest BCUT2D eigenvalue weighted by molar-refractivity contribution is 0.00991. The van der Waals surface area contributed by atoms with Crippen molar-refractivity contribution in [3.05, 3.63) is 54.1 Å². The number of benzene rings is 1. The van der Waals surface area contributed by atoms with Crippen LogP contribution in [0, 0.1) is 0 Å². The van der Waals surface area contributed by atoms with Crippen LogP contribution in [0.15, 0.2) is 47.7 Å². The fourth-order valence-electron chi connectivity index (χ4n) is 3.87. The van der Waals surface area contributed by atoms with Crippen LogP contribution in [-0.2, 0) is 22.4 Å². The van der Waals surface area contributed by atoms with Gasteiger partial charge in [-0.2, -0.15) is 0 Å². The average Bonchev–Trinajstić information content (AvgIpc) is 3.24. The molecule has 1 aromatic carbocycles. The van der Waals surface area contributed by atoms with Crippen molar-refractivity contribution in [2.75, 3.05) is 46.5 Å². The molecule has 1 fully saturated rings. The fourth-order valence-corrected chi connectivity index (χ4v) is 3.87. The molecule has 7 heteroatoms. The Labute approximate surface area is 186 Å². The lowest BCUT2D eigenvalue weighted by Crippen LogP contribution is -2.47. The van der Waals surface area contributed by atoms with E-state index in [1.807, 2.05) is 12.3 Å². The lowest BCUT2D eigenvalue weighted by Gasteiger charge is -2.34. The first-order chi connectivity index (χ1) is 15.3. The highest BCUT2D eigenvalue weighted by molar-refractivity contribution is 5.80. The molecule has 1 aliphatic rings. The van der Waals surface area contributed by atoms with Crippen LogP contribution in [0.1, 0.15) is 37.6 Å². The SMILES string of the molecule is CCNC(=NCCc1nccn1Cc1ccccc1)N1CCC(OCCCOC)CC1. The maximum absolute atomic E-state index is 5.99. The Morgan fingerprint density at radius 1 is 1.19 bits per heavy atom. The number of nitrogens with one attached hydrogen (secondary N) is 1. The van der Waals surface area contributed by atoms with Crippen molar-refractivity contribution in [3.63, 3.8) is 0 Å². The van der Waals surface area contributed by atoms with Gasteiger partial charge in [0.05, 0.1) is 6.10 Å². The van der Waals surface area contributed by atoms with Crippen LogP contribution < -0.4 is 5.32 Å². The second-order valence-corrected chi connectivity index (χ2v) is 7.85. The summed E-state index contributed by atoms with van der Waals surface area (Å²) in [6, 6.07) is 10.5. The molecule has 31 heavy (non-hydrogen) atoms. The number of guanidine groups is 1. The maximum Gasteiger partial charge on any atom is 0.193 e. The first-order valence-corrected chi connectivity index (χ1v) is 11.5. The monoisotopic (exact) mass is 427 g/mol. The van der Waals surface area contributed by atoms with Crippen LogP contribution >= 0.6 is 0 Å². The summed E-state index contributed by atoms with van der Waals surface area (Å²) in [5.74, 6) is 2.08. The molecule has 0 aliphatic carbocycles. The second-order valence-electron chi connectivity index (χ2n) is 7.85. The van der Waals surface area contributed by atoms with E-state index >= 15 is 0 Å². The number of hydrogen-bond acceptors (Lipinski definition) is 4. The van der Waals surface area contributed by atoms with E-state index in [1.54, 1.807) is 7.11 Å². The van der Waals surface area contributed by atoms with Crippen LogP contribution in [-0.4, -0.2) is 73.0 Å². The molecule has 1 N–H and O–H groups in total. The van der Waals surface area contributed by atoms with Crippen molar-refractivity contribution in [1.82, 2.24) is 19.8 Å². The summed E-state index contributed by atoms with van der Waals surface area (Å²) in [5.41, 5.74) is 1.28. The summed E-state index contributed by atoms with van der Waals surface area (Å²) in [4.78, 5) is 11.8. The number of nitrogens with zero attached hydrogens (tertiary/aromatic N) is 4. The summed E-state index contributed by atoms with van der Waals surface area (Å²) in [6.45, 7) is 8.05. The smallest absolute Gasteiger partial charge is 0.193 e. The second kappa shape index (κ2) is 13.1. The van der Waals surface area contributed by atoms with E-state index in [4.69, 9.17) is 14.5 Å². The fraction of sp³-hybridized carbons (Fsp3) is 0.583. The van der Waals surface area contributed by atoms with E-state index in [2.05, 4.69) is 57.2 Å². The van der Waals surface area contributed by atoms with Crippen molar-refractivity contribution in [2.24, 2.45) is 4.99 Å². The largest absolute Gasteiger partial charge is 0.385 e. The Morgan fingerprint density at radius 2 is 2.00 bits per heavy atom. The summed E-state index contributed by atoms with van der Waals surface area (Å²) in [5, 5.41) is 3.45. The molecule has 0 radical (unpaired) electrons. The minimum atomic E-state index is 0.349. The summed E-state index contributed by atoms with van der Waals surface area (Å²) in [7, 11) is 1.73. The molecule has 7 nitrogen and oxygen atoms in total. The zero-order valence-electron chi connectivity index (χ0n) is 19.0. The van der Waals surface area contributed by atoms with Gasteiger partial charge in [0.25, 0.3) is 0 Å². The topological polar surface area (TPSA) is 63.9 Å². The van der Waals surface area contributed by atoms with Gasteiger partial charge in [0, 0.05) is 71.9 Å². The first-order valence-electron chi connectivity index (χ1n) is 11.5. The number of hydrogen-bond donors (Lipinski definition) is 1. The van der Waals surface area contributed by atoms with Gasteiger partial charge in [-0.25, -0.2) is 4.98 Å². The van der Waals surface area contributed by atoms with E-state index in [0.717, 1.165) is 83.4 Å². The normalized spacial score (nSPS) is 15.4. The van der Waals surface area contributed by atoms with E-state index in [-0.39, 0.29) is 0 Å². The predicted molar refractivity (Wildman–Crippen MR) is 124 cm³/mol. The van der Waals surface area contributed by atoms with Gasteiger partial charge in [-0.1, -0.05) is 30.3 Å².